The number of fused-ring (bicyclic) bond motifs is 1. The predicted octanol–water partition coefficient (Wildman–Crippen LogP) is 6.05. The smallest absolute Gasteiger partial charge is 0.294 e. The van der Waals surface area contributed by atoms with Crippen LogP contribution in [0.15, 0.2) is 90.0 Å². The lowest BCUT2D eigenvalue weighted by molar-refractivity contribution is -0.127. The van der Waals surface area contributed by atoms with Crippen LogP contribution in [0.4, 0.5) is 10.5 Å². The zero-order valence-electron chi connectivity index (χ0n) is 19.6. The maximum atomic E-state index is 13.0. The minimum absolute atomic E-state index is 0.271. The van der Waals surface area contributed by atoms with Crippen molar-refractivity contribution in [3.05, 3.63) is 101 Å². The van der Waals surface area contributed by atoms with Crippen LogP contribution in [0, 0.1) is 0 Å². The number of aromatic nitrogens is 1. The molecule has 3 amide bonds. The molecule has 1 aliphatic rings. The molecule has 0 atom stereocenters. The summed E-state index contributed by atoms with van der Waals surface area (Å²) in [6.45, 7) is 0.709. The monoisotopic (exact) mass is 531 g/mol. The van der Waals surface area contributed by atoms with E-state index in [9.17, 15) is 14.4 Å². The molecule has 0 unspecified atom stereocenters. The maximum Gasteiger partial charge on any atom is 0.294 e. The highest BCUT2D eigenvalue weighted by Gasteiger charge is 2.36. The number of nitrogens with one attached hydrogen (secondary N) is 1. The van der Waals surface area contributed by atoms with E-state index in [0.29, 0.717) is 23.9 Å². The quantitative estimate of drug-likeness (QED) is 0.280. The molecular weight excluding hydrogens is 510 g/mol. The predicted molar refractivity (Wildman–Crippen MR) is 147 cm³/mol. The fourth-order valence-electron chi connectivity index (χ4n) is 4.01. The molecular formula is C28H22ClN3O4S. The zero-order chi connectivity index (χ0) is 25.8. The van der Waals surface area contributed by atoms with Crippen molar-refractivity contribution in [1.29, 1.82) is 0 Å². The first kappa shape index (κ1) is 24.7. The molecule has 2 heterocycles. The molecule has 1 aromatic heterocycles. The van der Waals surface area contributed by atoms with Crippen molar-refractivity contribution < 1.29 is 19.1 Å². The van der Waals surface area contributed by atoms with Gasteiger partial charge in [0.1, 0.15) is 18.9 Å². The second kappa shape index (κ2) is 10.9. The van der Waals surface area contributed by atoms with E-state index in [-0.39, 0.29) is 11.4 Å². The molecule has 9 heteroatoms. The molecule has 1 fully saturated rings. The molecule has 0 bridgehead atoms. The van der Waals surface area contributed by atoms with Crippen LogP contribution < -0.4 is 10.1 Å². The third-order valence-corrected chi connectivity index (χ3v) is 6.91. The van der Waals surface area contributed by atoms with Crippen LogP contribution in [-0.4, -0.2) is 39.7 Å². The summed E-state index contributed by atoms with van der Waals surface area (Å²) >= 11 is 6.69. The summed E-state index contributed by atoms with van der Waals surface area (Å²) in [5.74, 6) is -0.167. The first-order valence-electron chi connectivity index (χ1n) is 11.5. The van der Waals surface area contributed by atoms with Gasteiger partial charge in [-0.1, -0.05) is 48.0 Å². The third-order valence-electron chi connectivity index (χ3n) is 5.75. The standard InChI is InChI=1S/C28H22ClN3O4S/c29-20-10-12-21(13-11-20)30-26(33)18-32-27(34)25(37-28(32)35)16-19-17-31(24-9-5-4-8-23(19)24)14-15-36-22-6-2-1-3-7-22/h1-13,16-17H,14-15,18H2,(H,30,33)/b25-16-. The van der Waals surface area contributed by atoms with Crippen molar-refractivity contribution >= 4 is 63.1 Å². The van der Waals surface area contributed by atoms with Gasteiger partial charge in [0.25, 0.3) is 11.1 Å². The van der Waals surface area contributed by atoms with Gasteiger partial charge in [-0.2, -0.15) is 0 Å². The van der Waals surface area contributed by atoms with Gasteiger partial charge < -0.3 is 14.6 Å². The normalized spacial score (nSPS) is 14.5. The summed E-state index contributed by atoms with van der Waals surface area (Å²) in [5, 5.41) is 3.68. The number of rotatable bonds is 8. The average molecular weight is 532 g/mol. The van der Waals surface area contributed by atoms with Gasteiger partial charge in [0, 0.05) is 33.4 Å². The van der Waals surface area contributed by atoms with Crippen molar-refractivity contribution in [3.8, 4) is 5.75 Å². The van der Waals surface area contributed by atoms with Gasteiger partial charge in [-0.05, 0) is 60.3 Å². The molecule has 1 saturated heterocycles. The summed E-state index contributed by atoms with van der Waals surface area (Å²) < 4.78 is 7.91. The van der Waals surface area contributed by atoms with E-state index in [1.807, 2.05) is 60.8 Å². The summed E-state index contributed by atoms with van der Waals surface area (Å²) in [6.07, 6.45) is 3.65. The Bertz CT molecular complexity index is 1500. The highest BCUT2D eigenvalue weighted by molar-refractivity contribution is 8.18. The zero-order valence-corrected chi connectivity index (χ0v) is 21.2. The largest absolute Gasteiger partial charge is 0.492 e. The van der Waals surface area contributed by atoms with Crippen LogP contribution in [0.5, 0.6) is 5.75 Å². The minimum atomic E-state index is -0.495. The van der Waals surface area contributed by atoms with Crippen molar-refractivity contribution in [2.45, 2.75) is 6.54 Å². The van der Waals surface area contributed by atoms with E-state index in [1.54, 1.807) is 30.3 Å². The first-order valence-corrected chi connectivity index (χ1v) is 12.7. The SMILES string of the molecule is O=C(CN1C(=O)S/C(=C\c2cn(CCOc3ccccc3)c3ccccc23)C1=O)Nc1ccc(Cl)cc1. The Hall–Kier alpha value is -4.01. The van der Waals surface area contributed by atoms with Gasteiger partial charge in [0.05, 0.1) is 11.4 Å². The first-order chi connectivity index (χ1) is 18.0. The van der Waals surface area contributed by atoms with E-state index < -0.39 is 17.1 Å². The van der Waals surface area contributed by atoms with Crippen LogP contribution in [-0.2, 0) is 16.1 Å². The van der Waals surface area contributed by atoms with Gasteiger partial charge in [0.15, 0.2) is 0 Å². The van der Waals surface area contributed by atoms with Crippen LogP contribution in [0.2, 0.25) is 5.02 Å². The number of benzene rings is 3. The van der Waals surface area contributed by atoms with Gasteiger partial charge in [-0.3, -0.25) is 19.3 Å². The second-order valence-corrected chi connectivity index (χ2v) is 9.71. The topological polar surface area (TPSA) is 80.6 Å². The third kappa shape index (κ3) is 5.71. The Kier molecular flexibility index (Phi) is 7.30. The Labute approximate surface area is 222 Å². The molecule has 1 N–H and O–H groups in total. The number of carbonyl (C=O) groups excluding carboxylic acids is 3. The fraction of sp³-hybridized carbons (Fsp3) is 0.107. The van der Waals surface area contributed by atoms with Gasteiger partial charge in [0.2, 0.25) is 5.91 Å². The Balaban J connectivity index is 1.30. The minimum Gasteiger partial charge on any atom is -0.492 e. The molecule has 7 nitrogen and oxygen atoms in total. The maximum absolute atomic E-state index is 13.0. The summed E-state index contributed by atoms with van der Waals surface area (Å²) in [7, 11) is 0. The molecule has 37 heavy (non-hydrogen) atoms. The molecule has 0 aliphatic carbocycles. The molecule has 0 spiro atoms. The average Bonchev–Trinajstić information content (AvgIpc) is 3.38. The number of amides is 3. The summed E-state index contributed by atoms with van der Waals surface area (Å²) in [4.78, 5) is 39.3. The van der Waals surface area contributed by atoms with E-state index in [0.717, 1.165) is 38.9 Å². The summed E-state index contributed by atoms with van der Waals surface area (Å²) in [6, 6.07) is 24.0. The Morgan fingerprint density at radius 2 is 1.70 bits per heavy atom. The number of halogens is 1. The van der Waals surface area contributed by atoms with Crippen molar-refractivity contribution in [1.82, 2.24) is 9.47 Å². The lowest BCUT2D eigenvalue weighted by Crippen LogP contribution is -2.36. The van der Waals surface area contributed by atoms with Crippen molar-refractivity contribution in [2.75, 3.05) is 18.5 Å². The number of ether oxygens (including phenoxy) is 1. The van der Waals surface area contributed by atoms with Gasteiger partial charge in [-0.15, -0.1) is 0 Å². The van der Waals surface area contributed by atoms with Gasteiger partial charge >= 0.3 is 0 Å². The number of carbonyl (C=O) groups is 3. The Morgan fingerprint density at radius 3 is 2.49 bits per heavy atom. The lowest BCUT2D eigenvalue weighted by Gasteiger charge is -2.12. The molecule has 3 aromatic carbocycles. The van der Waals surface area contributed by atoms with E-state index in [1.165, 1.54) is 0 Å². The number of hydrogen-bond acceptors (Lipinski definition) is 5. The number of hydrogen-bond donors (Lipinski definition) is 1. The summed E-state index contributed by atoms with van der Waals surface area (Å²) in [5.41, 5.74) is 2.33. The van der Waals surface area contributed by atoms with Crippen LogP contribution in [0.1, 0.15) is 5.56 Å². The Morgan fingerprint density at radius 1 is 0.973 bits per heavy atom. The number of nitrogens with zero attached hydrogens (tertiary/aromatic N) is 2. The lowest BCUT2D eigenvalue weighted by atomic mass is 10.1. The van der Waals surface area contributed by atoms with Crippen molar-refractivity contribution in [3.63, 3.8) is 0 Å². The van der Waals surface area contributed by atoms with Gasteiger partial charge in [-0.25, -0.2) is 0 Å². The van der Waals surface area contributed by atoms with Crippen LogP contribution >= 0.6 is 23.4 Å². The molecule has 4 aromatic rings. The highest BCUT2D eigenvalue weighted by Crippen LogP contribution is 2.34. The highest BCUT2D eigenvalue weighted by atomic mass is 35.5. The number of para-hydroxylation sites is 2. The molecule has 5 rings (SSSR count). The van der Waals surface area contributed by atoms with E-state index in [2.05, 4.69) is 9.88 Å². The van der Waals surface area contributed by atoms with Crippen molar-refractivity contribution in [2.24, 2.45) is 0 Å². The fourth-order valence-corrected chi connectivity index (χ4v) is 4.96. The van der Waals surface area contributed by atoms with Crippen LogP contribution in [0.3, 0.4) is 0 Å². The number of thioether (sulfide) groups is 1. The molecule has 1 aliphatic heterocycles. The second-order valence-electron chi connectivity index (χ2n) is 8.28. The molecule has 0 saturated carbocycles. The van der Waals surface area contributed by atoms with E-state index in [4.69, 9.17) is 16.3 Å². The number of anilines is 1. The van der Waals surface area contributed by atoms with Crippen LogP contribution in [0.25, 0.3) is 17.0 Å². The number of imide groups is 1. The molecule has 0 radical (unpaired) electrons. The van der Waals surface area contributed by atoms with E-state index >= 15 is 0 Å². The molecule has 186 valence electrons.